The minimum Gasteiger partial charge on any atom is -0.870 e. The zero-order chi connectivity index (χ0) is 2.71. The first kappa shape index (κ1) is 16.0. The summed E-state index contributed by atoms with van der Waals surface area (Å²) in [4.78, 5) is 0. The first-order chi connectivity index (χ1) is 1.41. The molecule has 0 aliphatic heterocycles. The summed E-state index contributed by atoms with van der Waals surface area (Å²) < 4.78 is 0. The van der Waals surface area contributed by atoms with Gasteiger partial charge in [-0.25, -0.2) is 0 Å². The van der Waals surface area contributed by atoms with E-state index in [4.69, 9.17) is 5.11 Å². The fourth-order valence-electron chi connectivity index (χ4n) is 0. The molecule has 2 nitrogen and oxygen atoms in total. The molecule has 0 saturated heterocycles. The zero-order valence-corrected chi connectivity index (χ0v) is 6.72. The van der Waals surface area contributed by atoms with Gasteiger partial charge in [-0.05, 0) is 6.92 Å². The Balaban J connectivity index is -0.0000000200. The Morgan fingerprint density at radius 3 is 1.60 bits per heavy atom. The number of hydrogen-bond donors (Lipinski definition) is 1. The average molecular weight is 102 g/mol. The molecule has 28 valence electrons. The van der Waals surface area contributed by atoms with Crippen molar-refractivity contribution in [2.45, 2.75) is 6.92 Å². The van der Waals surface area contributed by atoms with Crippen molar-refractivity contribution in [2.24, 2.45) is 0 Å². The molecule has 0 spiro atoms. The van der Waals surface area contributed by atoms with Crippen LogP contribution in [0, 0.1) is 0 Å². The third-order valence-corrected chi connectivity index (χ3v) is 0. The molecule has 0 amide bonds. The molecule has 3 heteroatoms. The predicted octanol–water partition coefficient (Wildman–Crippen LogP) is -3.17. The van der Waals surface area contributed by atoms with E-state index in [0.29, 0.717) is 0 Å². The van der Waals surface area contributed by atoms with Gasteiger partial charge in [0, 0.05) is 6.61 Å². The molecule has 0 aromatic rings. The van der Waals surface area contributed by atoms with Crippen molar-refractivity contribution < 1.29 is 62.0 Å². The maximum absolute atomic E-state index is 7.57. The van der Waals surface area contributed by atoms with Gasteiger partial charge < -0.3 is 10.6 Å². The van der Waals surface area contributed by atoms with Crippen LogP contribution in [0.15, 0.2) is 0 Å². The molecular weight excluding hydrogens is 95.1 g/mol. The summed E-state index contributed by atoms with van der Waals surface area (Å²) in [6.07, 6.45) is 0. The molecule has 0 radical (unpaired) electrons. The summed E-state index contributed by atoms with van der Waals surface area (Å²) in [7, 11) is 0. The maximum Gasteiger partial charge on any atom is 1.00 e. The molecule has 0 bridgehead atoms. The van der Waals surface area contributed by atoms with Crippen LogP contribution in [0.5, 0.6) is 0 Å². The fraction of sp³-hybridized carbons (Fsp3) is 1.00. The van der Waals surface area contributed by atoms with Crippen LogP contribution in [0.2, 0.25) is 0 Å². The molecule has 0 aliphatic rings. The normalized spacial score (nSPS) is 3.60. The van der Waals surface area contributed by atoms with E-state index in [2.05, 4.69) is 0 Å². The summed E-state index contributed by atoms with van der Waals surface area (Å²) >= 11 is 0. The van der Waals surface area contributed by atoms with E-state index < -0.39 is 0 Å². The van der Waals surface area contributed by atoms with Gasteiger partial charge in [0.2, 0.25) is 0 Å². The summed E-state index contributed by atoms with van der Waals surface area (Å²) in [6, 6.07) is 0. The SMILES string of the molecule is CCO.[K+].[OH-]. The van der Waals surface area contributed by atoms with Crippen LogP contribution in [0.1, 0.15) is 6.92 Å². The monoisotopic (exact) mass is 102 g/mol. The molecule has 0 fully saturated rings. The smallest absolute Gasteiger partial charge is 0.870 e. The summed E-state index contributed by atoms with van der Waals surface area (Å²) in [5.74, 6) is 0. The van der Waals surface area contributed by atoms with Crippen molar-refractivity contribution in [1.29, 1.82) is 0 Å². The molecule has 0 unspecified atom stereocenters. The summed E-state index contributed by atoms with van der Waals surface area (Å²) in [5.41, 5.74) is 0. The van der Waals surface area contributed by atoms with E-state index in [9.17, 15) is 0 Å². The summed E-state index contributed by atoms with van der Waals surface area (Å²) in [6.45, 7) is 1.93. The summed E-state index contributed by atoms with van der Waals surface area (Å²) in [5, 5.41) is 7.57. The number of hydrogen-bond acceptors (Lipinski definition) is 2. The van der Waals surface area contributed by atoms with Crippen LogP contribution in [-0.2, 0) is 0 Å². The van der Waals surface area contributed by atoms with E-state index in [0.717, 1.165) is 0 Å². The quantitative estimate of drug-likeness (QED) is 0.328. The van der Waals surface area contributed by atoms with Crippen LogP contribution in [-0.4, -0.2) is 17.2 Å². The first-order valence-electron chi connectivity index (χ1n) is 1.02. The van der Waals surface area contributed by atoms with E-state index >= 15 is 0 Å². The molecule has 0 aromatic carbocycles. The predicted molar refractivity (Wildman–Crippen MR) is 14.7 cm³/mol. The van der Waals surface area contributed by atoms with Gasteiger partial charge in [-0.2, -0.15) is 0 Å². The molecule has 2 N–H and O–H groups in total. The van der Waals surface area contributed by atoms with E-state index in [-0.39, 0.29) is 63.5 Å². The van der Waals surface area contributed by atoms with Crippen LogP contribution in [0.4, 0.5) is 0 Å². The third kappa shape index (κ3) is 29.0. The van der Waals surface area contributed by atoms with Crippen LogP contribution in [0.3, 0.4) is 0 Å². The van der Waals surface area contributed by atoms with Crippen LogP contribution < -0.4 is 51.4 Å². The molecular formula is C2H7KO2. The Hall–Kier alpha value is 1.56. The Bertz CT molecular complexity index is 7.61. The third-order valence-electron chi connectivity index (χ3n) is 0. The second kappa shape index (κ2) is 17.7. The average Bonchev–Trinajstić information content (AvgIpc) is 0.918. The van der Waals surface area contributed by atoms with Crippen molar-refractivity contribution in [3.05, 3.63) is 0 Å². The van der Waals surface area contributed by atoms with Gasteiger partial charge in [0.15, 0.2) is 0 Å². The second-order valence-electron chi connectivity index (χ2n) is 0.316. The standard InChI is InChI=1S/C2H6O.K.H2O/c1-2-3;;/h3H,2H2,1H3;;1H2/q;+1;/p-1. The zero-order valence-electron chi connectivity index (χ0n) is 3.60. The fourth-order valence-corrected chi connectivity index (χ4v) is 0. The van der Waals surface area contributed by atoms with E-state index in [1.807, 2.05) is 0 Å². The molecule has 0 atom stereocenters. The van der Waals surface area contributed by atoms with Crippen LogP contribution >= 0.6 is 0 Å². The Labute approximate surface area is 74.3 Å². The molecule has 0 saturated carbocycles. The van der Waals surface area contributed by atoms with Crippen molar-refractivity contribution >= 4 is 0 Å². The van der Waals surface area contributed by atoms with Gasteiger partial charge in [-0.15, -0.1) is 0 Å². The topological polar surface area (TPSA) is 50.2 Å². The molecule has 0 aromatic heterocycles. The number of rotatable bonds is 0. The Morgan fingerprint density at radius 1 is 1.60 bits per heavy atom. The van der Waals surface area contributed by atoms with Gasteiger partial charge in [-0.1, -0.05) is 0 Å². The minimum absolute atomic E-state index is 0. The van der Waals surface area contributed by atoms with Gasteiger partial charge in [0.25, 0.3) is 0 Å². The van der Waals surface area contributed by atoms with Crippen LogP contribution in [0.25, 0.3) is 0 Å². The van der Waals surface area contributed by atoms with Gasteiger partial charge >= 0.3 is 51.4 Å². The second-order valence-corrected chi connectivity index (χ2v) is 0.316. The molecule has 0 aliphatic carbocycles. The largest absolute Gasteiger partial charge is 1.00 e. The Kier molecular flexibility index (Phi) is 56.5. The van der Waals surface area contributed by atoms with Crippen molar-refractivity contribution in [3.63, 3.8) is 0 Å². The van der Waals surface area contributed by atoms with E-state index in [1.54, 1.807) is 6.92 Å². The minimum atomic E-state index is 0. The number of aliphatic hydroxyl groups is 1. The molecule has 5 heavy (non-hydrogen) atoms. The Morgan fingerprint density at radius 2 is 1.60 bits per heavy atom. The number of aliphatic hydroxyl groups excluding tert-OH is 1. The van der Waals surface area contributed by atoms with Crippen molar-refractivity contribution in [2.75, 3.05) is 6.61 Å². The van der Waals surface area contributed by atoms with Gasteiger partial charge in [0.1, 0.15) is 0 Å². The molecule has 0 heterocycles. The van der Waals surface area contributed by atoms with Gasteiger partial charge in [-0.3, -0.25) is 0 Å². The maximum atomic E-state index is 7.57. The van der Waals surface area contributed by atoms with E-state index in [1.165, 1.54) is 0 Å². The molecule has 0 rings (SSSR count). The van der Waals surface area contributed by atoms with Crippen molar-refractivity contribution in [1.82, 2.24) is 0 Å². The first-order valence-corrected chi connectivity index (χ1v) is 1.02. The van der Waals surface area contributed by atoms with Gasteiger partial charge in [0.05, 0.1) is 0 Å². The van der Waals surface area contributed by atoms with Crippen molar-refractivity contribution in [3.8, 4) is 0 Å².